The van der Waals surface area contributed by atoms with Gasteiger partial charge in [-0.3, -0.25) is 0 Å². The highest BCUT2D eigenvalue weighted by atomic mass is 14.4. The average molecular weight is 479 g/mol. The van der Waals surface area contributed by atoms with Crippen molar-refractivity contribution in [1.82, 2.24) is 0 Å². The summed E-state index contributed by atoms with van der Waals surface area (Å²) in [6, 6.07) is 0. The van der Waals surface area contributed by atoms with Crippen LogP contribution in [0.5, 0.6) is 0 Å². The average Bonchev–Trinajstić information content (AvgIpc) is 2.89. The largest absolute Gasteiger partial charge is 0.0880 e. The zero-order valence-electron chi connectivity index (χ0n) is 23.4. The van der Waals surface area contributed by atoms with Crippen LogP contribution in [-0.4, -0.2) is 0 Å². The molecule has 0 aromatic carbocycles. The predicted molar refractivity (Wildman–Crippen MR) is 153 cm³/mol. The third-order valence-electron chi connectivity index (χ3n) is 11.1. The van der Waals surface area contributed by atoms with E-state index in [0.29, 0.717) is 0 Å². The fraction of sp³-hybridized carbons (Fsp3) is 0.857. The summed E-state index contributed by atoms with van der Waals surface area (Å²) in [6.07, 6.45) is 39.9. The van der Waals surface area contributed by atoms with Gasteiger partial charge in [0.25, 0.3) is 0 Å². The Morgan fingerprint density at radius 3 is 1.17 bits per heavy atom. The van der Waals surface area contributed by atoms with Gasteiger partial charge in [0.05, 0.1) is 0 Å². The summed E-state index contributed by atoms with van der Waals surface area (Å²) in [5.74, 6) is 8.37. The summed E-state index contributed by atoms with van der Waals surface area (Å²) in [5, 5.41) is 0. The second-order valence-electron chi connectivity index (χ2n) is 13.9. The van der Waals surface area contributed by atoms with Crippen LogP contribution in [0.25, 0.3) is 0 Å². The minimum atomic E-state index is 0.946. The van der Waals surface area contributed by atoms with Crippen LogP contribution in [0.4, 0.5) is 0 Å². The first-order chi connectivity index (χ1) is 17.2. The molecule has 0 aromatic rings. The van der Waals surface area contributed by atoms with Gasteiger partial charge in [0.15, 0.2) is 0 Å². The van der Waals surface area contributed by atoms with Crippen LogP contribution in [0.3, 0.4) is 0 Å². The predicted octanol–water partition coefficient (Wildman–Crippen LogP) is 11.0. The van der Waals surface area contributed by atoms with Crippen molar-refractivity contribution >= 4 is 0 Å². The van der Waals surface area contributed by atoms with Crippen LogP contribution in [0.1, 0.15) is 142 Å². The molecule has 0 nitrogen and oxygen atoms in total. The number of allylic oxidation sites excluding steroid dienone is 4. The van der Waals surface area contributed by atoms with E-state index in [9.17, 15) is 0 Å². The molecular formula is C35H58. The zero-order valence-corrected chi connectivity index (χ0v) is 23.4. The molecule has 0 saturated heterocycles. The molecule has 0 bridgehead atoms. The summed E-state index contributed by atoms with van der Waals surface area (Å²) in [6.45, 7) is 7.88. The Balaban J connectivity index is 1.04. The van der Waals surface area contributed by atoms with Crippen LogP contribution < -0.4 is 0 Å². The van der Waals surface area contributed by atoms with Crippen LogP contribution in [0, 0.1) is 54.3 Å². The fourth-order valence-corrected chi connectivity index (χ4v) is 8.63. The van der Waals surface area contributed by atoms with Crippen LogP contribution >= 0.6 is 0 Å². The van der Waals surface area contributed by atoms with Gasteiger partial charge in [-0.25, -0.2) is 0 Å². The van der Waals surface area contributed by atoms with E-state index in [2.05, 4.69) is 19.1 Å². The third-order valence-corrected chi connectivity index (χ3v) is 11.1. The summed E-state index contributed by atoms with van der Waals surface area (Å²) in [5.41, 5.74) is 0. The Bertz CT molecular complexity index is 596. The standard InChI is InChI=1S/C35H58/c1-3-4-5-6-7-8-29-13-15-31(16-14-29)26-33-21-23-35(24-22-33)27-34-19-17-32(18-20-34)25-30-11-9-28(2)10-12-30/h1,3-4,6-7,28-35H,5,8-27H2,2H3/b4-3+,7-6+. The molecule has 0 spiro atoms. The van der Waals surface area contributed by atoms with Gasteiger partial charge in [-0.2, -0.15) is 0 Å². The molecule has 35 heavy (non-hydrogen) atoms. The van der Waals surface area contributed by atoms with Crippen molar-refractivity contribution in [3.05, 3.63) is 31.2 Å². The molecule has 0 aromatic heterocycles. The molecule has 0 atom stereocenters. The normalized spacial score (nSPS) is 39.4. The number of rotatable bonds is 10. The smallest absolute Gasteiger partial charge is 0.00957 e. The van der Waals surface area contributed by atoms with E-state index in [1.54, 1.807) is 76.7 Å². The highest BCUT2D eigenvalue weighted by molar-refractivity contribution is 4.95. The van der Waals surface area contributed by atoms with Gasteiger partial charge < -0.3 is 0 Å². The molecule has 0 heterocycles. The topological polar surface area (TPSA) is 0 Å². The van der Waals surface area contributed by atoms with E-state index >= 15 is 0 Å². The maximum absolute atomic E-state index is 5.41. The zero-order chi connectivity index (χ0) is 24.3. The molecule has 2 radical (unpaired) electrons. The molecule has 4 aliphatic rings. The molecule has 0 unspecified atom stereocenters. The number of hydrogen-bond acceptors (Lipinski definition) is 0. The van der Waals surface area contributed by atoms with Crippen LogP contribution in [0.2, 0.25) is 0 Å². The minimum absolute atomic E-state index is 0.946. The Morgan fingerprint density at radius 1 is 0.457 bits per heavy atom. The quantitative estimate of drug-likeness (QED) is 0.274. The lowest BCUT2D eigenvalue weighted by atomic mass is 9.69. The molecule has 0 N–H and O–H groups in total. The molecular weight excluding hydrogens is 420 g/mol. The first kappa shape index (κ1) is 27.5. The van der Waals surface area contributed by atoms with Crippen molar-refractivity contribution in [2.75, 3.05) is 0 Å². The third kappa shape index (κ3) is 9.70. The van der Waals surface area contributed by atoms with Gasteiger partial charge in [0.2, 0.25) is 0 Å². The highest BCUT2D eigenvalue weighted by Gasteiger charge is 2.30. The minimum Gasteiger partial charge on any atom is -0.0880 e. The highest BCUT2D eigenvalue weighted by Crippen LogP contribution is 2.43. The van der Waals surface area contributed by atoms with Gasteiger partial charge in [-0.05, 0) is 99.2 Å². The van der Waals surface area contributed by atoms with E-state index in [0.717, 1.165) is 53.8 Å². The first-order valence-corrected chi connectivity index (χ1v) is 16.2. The Kier molecular flexibility index (Phi) is 11.8. The van der Waals surface area contributed by atoms with E-state index in [4.69, 9.17) is 6.92 Å². The molecule has 0 aliphatic heterocycles. The molecule has 0 amide bonds. The van der Waals surface area contributed by atoms with Gasteiger partial charge in [-0.15, -0.1) is 0 Å². The van der Waals surface area contributed by atoms with Crippen molar-refractivity contribution in [3.63, 3.8) is 0 Å². The maximum Gasteiger partial charge on any atom is -0.00957 e. The second kappa shape index (κ2) is 15.0. The van der Waals surface area contributed by atoms with Crippen molar-refractivity contribution in [3.8, 4) is 0 Å². The SMILES string of the molecule is [CH]/C=C/C/C=C/CC1CCC(CC2CCC(CC3CCC(CC4CCC(C)CC4)CC3)CC2)CC1. The van der Waals surface area contributed by atoms with Crippen LogP contribution in [0.15, 0.2) is 24.3 Å². The fourth-order valence-electron chi connectivity index (χ4n) is 8.63. The summed E-state index contributed by atoms with van der Waals surface area (Å²) < 4.78 is 0. The van der Waals surface area contributed by atoms with E-state index in [1.165, 1.54) is 57.8 Å². The van der Waals surface area contributed by atoms with Crippen molar-refractivity contribution in [2.45, 2.75) is 142 Å². The molecule has 4 fully saturated rings. The molecule has 4 aliphatic carbocycles. The first-order valence-electron chi connectivity index (χ1n) is 16.2. The second-order valence-corrected chi connectivity index (χ2v) is 13.9. The summed E-state index contributed by atoms with van der Waals surface area (Å²) in [7, 11) is 0. The molecule has 0 heteroatoms. The monoisotopic (exact) mass is 478 g/mol. The van der Waals surface area contributed by atoms with E-state index in [-0.39, 0.29) is 0 Å². The van der Waals surface area contributed by atoms with Gasteiger partial charge >= 0.3 is 0 Å². The van der Waals surface area contributed by atoms with E-state index in [1.807, 2.05) is 6.08 Å². The molecule has 198 valence electrons. The number of hydrogen-bond donors (Lipinski definition) is 0. The summed E-state index contributed by atoms with van der Waals surface area (Å²) in [4.78, 5) is 0. The molecule has 4 saturated carbocycles. The Morgan fingerprint density at radius 2 is 0.800 bits per heavy atom. The summed E-state index contributed by atoms with van der Waals surface area (Å²) >= 11 is 0. The van der Waals surface area contributed by atoms with Crippen molar-refractivity contribution in [2.24, 2.45) is 47.3 Å². The van der Waals surface area contributed by atoms with E-state index < -0.39 is 0 Å². The Hall–Kier alpha value is -0.520. The van der Waals surface area contributed by atoms with Crippen molar-refractivity contribution in [1.29, 1.82) is 0 Å². The van der Waals surface area contributed by atoms with Gasteiger partial charge in [-0.1, -0.05) is 121 Å². The lowest BCUT2D eigenvalue weighted by Gasteiger charge is -2.37. The van der Waals surface area contributed by atoms with Gasteiger partial charge in [0, 0.05) is 0 Å². The molecule has 4 rings (SSSR count). The van der Waals surface area contributed by atoms with Crippen molar-refractivity contribution < 1.29 is 0 Å². The Labute approximate surface area is 220 Å². The van der Waals surface area contributed by atoms with Gasteiger partial charge in [0.1, 0.15) is 0 Å². The lowest BCUT2D eigenvalue weighted by molar-refractivity contribution is 0.153. The lowest BCUT2D eigenvalue weighted by Crippen LogP contribution is -2.24. The maximum atomic E-state index is 5.41. The van der Waals surface area contributed by atoms with Crippen LogP contribution in [-0.2, 0) is 0 Å².